The van der Waals surface area contributed by atoms with E-state index in [0.717, 1.165) is 31.2 Å². The maximum absolute atomic E-state index is 12.8. The van der Waals surface area contributed by atoms with Crippen LogP contribution in [-0.4, -0.2) is 11.1 Å². The Bertz CT molecular complexity index is 438. The topological polar surface area (TPSA) is 37.3 Å². The Kier molecular flexibility index (Phi) is 1.74. The molecule has 0 heterocycles. The van der Waals surface area contributed by atoms with Gasteiger partial charge in [-0.3, -0.25) is 4.79 Å². The van der Waals surface area contributed by atoms with Crippen LogP contribution in [0.4, 0.5) is 4.39 Å². The molecule has 84 valence electrons. The molecule has 1 aromatic carbocycles. The average Bonchev–Trinajstić information content (AvgIpc) is 2.95. The Morgan fingerprint density at radius 2 is 1.75 bits per heavy atom. The van der Waals surface area contributed by atoms with Gasteiger partial charge in [-0.15, -0.1) is 0 Å². The fourth-order valence-electron chi connectivity index (χ4n) is 3.01. The fraction of sp³-hybridized carbons (Fsp3) is 0.462. The predicted molar refractivity (Wildman–Crippen MR) is 56.6 cm³/mol. The van der Waals surface area contributed by atoms with Crippen LogP contribution in [0.25, 0.3) is 0 Å². The molecule has 2 nitrogen and oxygen atoms in total. The first-order chi connectivity index (χ1) is 7.56. The van der Waals surface area contributed by atoms with E-state index in [-0.39, 0.29) is 5.82 Å². The van der Waals surface area contributed by atoms with Gasteiger partial charge in [0.2, 0.25) is 0 Å². The molecule has 0 aromatic heterocycles. The van der Waals surface area contributed by atoms with Crippen molar-refractivity contribution in [2.75, 3.05) is 0 Å². The summed E-state index contributed by atoms with van der Waals surface area (Å²) in [6, 6.07) is 5.91. The molecule has 3 heteroatoms. The molecule has 2 fully saturated rings. The van der Waals surface area contributed by atoms with Gasteiger partial charge in [0.05, 0.1) is 5.41 Å². The van der Waals surface area contributed by atoms with Crippen molar-refractivity contribution in [3.8, 4) is 0 Å². The summed E-state index contributed by atoms with van der Waals surface area (Å²) in [6.45, 7) is 0. The van der Waals surface area contributed by atoms with Crippen molar-refractivity contribution in [2.24, 2.45) is 5.41 Å². The number of carboxylic acid groups (broad SMARTS) is 1. The molecule has 0 atom stereocenters. The number of hydrogen-bond donors (Lipinski definition) is 1. The summed E-state index contributed by atoms with van der Waals surface area (Å²) < 4.78 is 12.8. The van der Waals surface area contributed by atoms with E-state index < -0.39 is 11.4 Å². The van der Waals surface area contributed by atoms with E-state index in [1.165, 1.54) is 12.1 Å². The summed E-state index contributed by atoms with van der Waals surface area (Å²) in [5, 5.41) is 9.37. The van der Waals surface area contributed by atoms with Crippen LogP contribution in [0.5, 0.6) is 0 Å². The first-order valence-electron chi connectivity index (χ1n) is 5.56. The summed E-state index contributed by atoms with van der Waals surface area (Å²) in [4.78, 5) is 11.4. The number of rotatable bonds is 2. The van der Waals surface area contributed by atoms with Gasteiger partial charge in [-0.2, -0.15) is 0 Å². The number of aliphatic carboxylic acids is 1. The summed E-state index contributed by atoms with van der Waals surface area (Å²) in [5.41, 5.74) is 0.315. The lowest BCUT2D eigenvalue weighted by molar-refractivity contribution is -0.150. The van der Waals surface area contributed by atoms with Crippen LogP contribution in [0.2, 0.25) is 0 Å². The molecule has 2 aliphatic carbocycles. The number of carboxylic acids is 1. The summed E-state index contributed by atoms with van der Waals surface area (Å²) in [6.07, 6.45) is 3.76. The quantitative estimate of drug-likeness (QED) is 0.832. The minimum absolute atomic E-state index is 0.312. The van der Waals surface area contributed by atoms with E-state index in [4.69, 9.17) is 0 Å². The van der Waals surface area contributed by atoms with Gasteiger partial charge in [0.25, 0.3) is 0 Å². The van der Waals surface area contributed by atoms with Gasteiger partial charge < -0.3 is 5.11 Å². The Labute approximate surface area is 93.1 Å². The molecule has 2 saturated carbocycles. The Balaban J connectivity index is 1.95. The molecule has 0 unspecified atom stereocenters. The second-order valence-corrected chi connectivity index (χ2v) is 5.25. The highest BCUT2D eigenvalue weighted by atomic mass is 19.1. The van der Waals surface area contributed by atoms with Crippen molar-refractivity contribution in [1.29, 1.82) is 0 Å². The zero-order valence-corrected chi connectivity index (χ0v) is 8.87. The smallest absolute Gasteiger partial charge is 0.314 e. The average molecular weight is 220 g/mol. The molecular formula is C13H13FO2. The Morgan fingerprint density at radius 3 is 2.19 bits per heavy atom. The first-order valence-corrected chi connectivity index (χ1v) is 5.56. The van der Waals surface area contributed by atoms with Gasteiger partial charge in [0.1, 0.15) is 5.82 Å². The van der Waals surface area contributed by atoms with Crippen molar-refractivity contribution in [2.45, 2.75) is 31.1 Å². The van der Waals surface area contributed by atoms with Crippen molar-refractivity contribution in [1.82, 2.24) is 0 Å². The minimum atomic E-state index is -0.767. The molecule has 1 aromatic rings. The van der Waals surface area contributed by atoms with Crippen LogP contribution in [0.15, 0.2) is 24.3 Å². The van der Waals surface area contributed by atoms with Crippen molar-refractivity contribution in [3.05, 3.63) is 35.6 Å². The Hall–Kier alpha value is -1.38. The van der Waals surface area contributed by atoms with Gasteiger partial charge in [-0.05, 0) is 48.8 Å². The molecule has 1 spiro atoms. The molecule has 0 radical (unpaired) electrons. The fourth-order valence-corrected chi connectivity index (χ4v) is 3.01. The molecule has 0 amide bonds. The number of halogens is 1. The van der Waals surface area contributed by atoms with Gasteiger partial charge in [-0.25, -0.2) is 4.39 Å². The highest BCUT2D eigenvalue weighted by Gasteiger charge is 2.64. The third-order valence-corrected chi connectivity index (χ3v) is 4.12. The normalized spacial score (nSPS) is 23.8. The highest BCUT2D eigenvalue weighted by molar-refractivity contribution is 5.83. The van der Waals surface area contributed by atoms with Gasteiger partial charge in [-0.1, -0.05) is 12.1 Å². The van der Waals surface area contributed by atoms with E-state index in [2.05, 4.69) is 0 Å². The Morgan fingerprint density at radius 1 is 1.19 bits per heavy atom. The van der Waals surface area contributed by atoms with Crippen LogP contribution in [0, 0.1) is 11.2 Å². The third kappa shape index (κ3) is 1.20. The molecule has 16 heavy (non-hydrogen) atoms. The van der Waals surface area contributed by atoms with E-state index in [1.807, 2.05) is 0 Å². The van der Waals surface area contributed by atoms with Crippen LogP contribution in [0.3, 0.4) is 0 Å². The van der Waals surface area contributed by atoms with Crippen molar-refractivity contribution < 1.29 is 14.3 Å². The standard InChI is InChI=1S/C13H13FO2/c14-10-3-1-9(2-4-10)13(11(15)16)7-12(8-13)5-6-12/h1-4H,5-8H2,(H,15,16). The maximum atomic E-state index is 12.8. The number of carbonyl (C=O) groups is 1. The lowest BCUT2D eigenvalue weighted by atomic mass is 9.56. The van der Waals surface area contributed by atoms with E-state index in [1.54, 1.807) is 12.1 Å². The SMILES string of the molecule is O=C(O)C1(c2ccc(F)cc2)CC2(CC2)C1. The molecule has 0 bridgehead atoms. The first kappa shape index (κ1) is 9.82. The predicted octanol–water partition coefficient (Wildman–Crippen LogP) is 2.72. The van der Waals surface area contributed by atoms with Gasteiger partial charge >= 0.3 is 5.97 Å². The molecular weight excluding hydrogens is 207 g/mol. The van der Waals surface area contributed by atoms with E-state index >= 15 is 0 Å². The van der Waals surface area contributed by atoms with Crippen LogP contribution < -0.4 is 0 Å². The minimum Gasteiger partial charge on any atom is -0.481 e. The largest absolute Gasteiger partial charge is 0.481 e. The molecule has 0 aliphatic heterocycles. The van der Waals surface area contributed by atoms with Gasteiger partial charge in [0, 0.05) is 0 Å². The van der Waals surface area contributed by atoms with Crippen molar-refractivity contribution in [3.63, 3.8) is 0 Å². The third-order valence-electron chi connectivity index (χ3n) is 4.12. The second-order valence-electron chi connectivity index (χ2n) is 5.25. The lowest BCUT2D eigenvalue weighted by Gasteiger charge is -2.45. The van der Waals surface area contributed by atoms with Crippen LogP contribution in [-0.2, 0) is 10.2 Å². The molecule has 0 saturated heterocycles. The monoisotopic (exact) mass is 220 g/mol. The number of benzene rings is 1. The van der Waals surface area contributed by atoms with Gasteiger partial charge in [0.15, 0.2) is 0 Å². The molecule has 3 rings (SSSR count). The molecule has 2 aliphatic rings. The zero-order valence-electron chi connectivity index (χ0n) is 8.87. The van der Waals surface area contributed by atoms with E-state index in [0.29, 0.717) is 5.41 Å². The van der Waals surface area contributed by atoms with Crippen LogP contribution >= 0.6 is 0 Å². The zero-order chi connectivity index (χ0) is 11.4. The maximum Gasteiger partial charge on any atom is 0.314 e. The number of hydrogen-bond acceptors (Lipinski definition) is 1. The highest BCUT2D eigenvalue weighted by Crippen LogP contribution is 2.68. The second kappa shape index (κ2) is 2.84. The summed E-state index contributed by atoms with van der Waals surface area (Å²) >= 11 is 0. The summed E-state index contributed by atoms with van der Waals surface area (Å²) in [7, 11) is 0. The van der Waals surface area contributed by atoms with E-state index in [9.17, 15) is 14.3 Å². The summed E-state index contributed by atoms with van der Waals surface area (Å²) in [5.74, 6) is -1.08. The molecule has 1 N–H and O–H groups in total. The van der Waals surface area contributed by atoms with Crippen LogP contribution in [0.1, 0.15) is 31.2 Å². The van der Waals surface area contributed by atoms with Crippen molar-refractivity contribution >= 4 is 5.97 Å². The lowest BCUT2D eigenvalue weighted by Crippen LogP contribution is -2.49.